The van der Waals surface area contributed by atoms with E-state index in [9.17, 15) is 53.1 Å². The lowest BCUT2D eigenvalue weighted by Crippen LogP contribution is -2.61. The van der Waals surface area contributed by atoms with E-state index in [1.165, 1.54) is 0 Å². The van der Waals surface area contributed by atoms with Crippen molar-refractivity contribution in [3.8, 4) is 0 Å². The molecule has 14 heteroatoms. The second-order valence-electron chi connectivity index (χ2n) is 4.78. The van der Waals surface area contributed by atoms with Crippen LogP contribution in [0, 0.1) is 0 Å². The Morgan fingerprint density at radius 2 is 1.32 bits per heavy atom. The van der Waals surface area contributed by atoms with Gasteiger partial charge in [0.25, 0.3) is 0 Å². The van der Waals surface area contributed by atoms with Crippen LogP contribution in [0.3, 0.4) is 0 Å². The summed E-state index contributed by atoms with van der Waals surface area (Å²) in [7, 11) is 0. The van der Waals surface area contributed by atoms with Crippen LogP contribution in [0.25, 0.3) is 0 Å². The Morgan fingerprint density at radius 3 is 1.68 bits per heavy atom. The fraction of sp³-hybridized carbons (Fsp3) is 0.909. The minimum atomic E-state index is -7.09. The van der Waals surface area contributed by atoms with Crippen molar-refractivity contribution in [3.63, 3.8) is 0 Å². The quantitative estimate of drug-likeness (QED) is 0.194. The zero-order valence-electron chi connectivity index (χ0n) is 12.1. The lowest BCUT2D eigenvalue weighted by atomic mass is 9.97. The highest BCUT2D eigenvalue weighted by molar-refractivity contribution is 14.1. The maximum Gasteiger partial charge on any atom is 0.460 e. The number of carbonyl (C=O) groups excluding carboxylic acids is 1. The molecule has 0 heterocycles. The van der Waals surface area contributed by atoms with Gasteiger partial charge in [0.15, 0.2) is 0 Å². The van der Waals surface area contributed by atoms with Crippen LogP contribution in [0.15, 0.2) is 0 Å². The third kappa shape index (κ3) is 5.21. The Balaban J connectivity index is 5.34. The topological polar surface area (TPSA) is 26.3 Å². The molecule has 0 aliphatic carbocycles. The number of hydrogen-bond acceptors (Lipinski definition) is 2. The van der Waals surface area contributed by atoms with Crippen molar-refractivity contribution in [2.45, 2.75) is 53.6 Å². The number of esters is 1. The van der Waals surface area contributed by atoms with E-state index < -0.39 is 59.2 Å². The number of hydrogen-bond donors (Lipinski definition) is 0. The van der Waals surface area contributed by atoms with Crippen LogP contribution >= 0.6 is 22.6 Å². The Labute approximate surface area is 147 Å². The van der Waals surface area contributed by atoms with Crippen LogP contribution in [0.1, 0.15) is 19.8 Å². The van der Waals surface area contributed by atoms with Gasteiger partial charge in [0, 0.05) is 16.8 Å². The molecule has 0 fully saturated rings. The molecule has 0 aliphatic heterocycles. The molecule has 1 unspecified atom stereocenters. The second kappa shape index (κ2) is 7.58. The van der Waals surface area contributed by atoms with E-state index in [4.69, 9.17) is 0 Å². The zero-order valence-corrected chi connectivity index (χ0v) is 14.2. The average molecular weight is 510 g/mol. The Kier molecular flexibility index (Phi) is 7.41. The molecule has 0 rings (SSSR count). The zero-order chi connectivity index (χ0) is 20.5. The summed E-state index contributed by atoms with van der Waals surface area (Å²) in [5, 5.41) is 0. The Hall–Kier alpha value is -0.570. The standard InChI is InChI=1S/C11H10F11IO2/c1-2-25-6(24)7(12,13)3-5(23)4-8(14,15)9(16,17)10(18,19)11(20,21)22/h5H,2-4H2,1H3. The molecular formula is C11H10F11IO2. The first-order valence-electron chi connectivity index (χ1n) is 6.22. The van der Waals surface area contributed by atoms with Crippen molar-refractivity contribution in [3.05, 3.63) is 0 Å². The molecule has 1 atom stereocenters. The van der Waals surface area contributed by atoms with Gasteiger partial charge in [-0.3, -0.25) is 0 Å². The molecule has 0 aromatic rings. The van der Waals surface area contributed by atoms with Crippen molar-refractivity contribution in [1.82, 2.24) is 0 Å². The minimum absolute atomic E-state index is 0.521. The Morgan fingerprint density at radius 1 is 0.880 bits per heavy atom. The predicted octanol–water partition coefficient (Wildman–Crippen LogP) is 5.24. The van der Waals surface area contributed by atoms with Crippen LogP contribution in [-0.2, 0) is 9.53 Å². The van der Waals surface area contributed by atoms with Gasteiger partial charge < -0.3 is 4.74 Å². The molecule has 0 spiro atoms. The molecule has 0 saturated heterocycles. The lowest BCUT2D eigenvalue weighted by molar-refractivity contribution is -0.396. The molecule has 0 bridgehead atoms. The summed E-state index contributed by atoms with van der Waals surface area (Å²) in [4.78, 5) is 10.9. The summed E-state index contributed by atoms with van der Waals surface area (Å²) in [6.45, 7) is 0.607. The molecular weight excluding hydrogens is 500 g/mol. The SMILES string of the molecule is CCOC(=O)C(F)(F)CC(I)CC(F)(F)C(F)(F)C(F)(F)C(F)(F)F. The van der Waals surface area contributed by atoms with Gasteiger partial charge in [-0.2, -0.15) is 48.3 Å². The number of ether oxygens (including phenoxy) is 1. The fourth-order valence-corrected chi connectivity index (χ4v) is 2.59. The summed E-state index contributed by atoms with van der Waals surface area (Å²) < 4.78 is 142. The van der Waals surface area contributed by atoms with Crippen LogP contribution in [0.5, 0.6) is 0 Å². The molecule has 0 radical (unpaired) electrons. The van der Waals surface area contributed by atoms with Crippen molar-refractivity contribution in [1.29, 1.82) is 0 Å². The smallest absolute Gasteiger partial charge is 0.460 e. The highest BCUT2D eigenvalue weighted by atomic mass is 127. The van der Waals surface area contributed by atoms with E-state index in [-0.39, 0.29) is 0 Å². The van der Waals surface area contributed by atoms with E-state index in [2.05, 4.69) is 4.74 Å². The summed E-state index contributed by atoms with van der Waals surface area (Å²) in [6.07, 6.45) is -11.3. The van der Waals surface area contributed by atoms with Gasteiger partial charge in [0.1, 0.15) is 0 Å². The van der Waals surface area contributed by atoms with E-state index in [1.54, 1.807) is 0 Å². The summed E-state index contributed by atoms with van der Waals surface area (Å²) in [5.41, 5.74) is 0. The normalized spacial score (nSPS) is 15.9. The van der Waals surface area contributed by atoms with Gasteiger partial charge in [0.2, 0.25) is 0 Å². The van der Waals surface area contributed by atoms with Gasteiger partial charge in [-0.1, -0.05) is 22.6 Å². The van der Waals surface area contributed by atoms with Crippen molar-refractivity contribution in [2.24, 2.45) is 0 Å². The molecule has 0 N–H and O–H groups in total. The first-order chi connectivity index (χ1) is 10.8. The average Bonchev–Trinajstić information content (AvgIpc) is 2.35. The van der Waals surface area contributed by atoms with Gasteiger partial charge in [-0.25, -0.2) is 4.79 Å². The minimum Gasteiger partial charge on any atom is -0.462 e. The molecule has 0 aliphatic rings. The molecule has 25 heavy (non-hydrogen) atoms. The maximum atomic E-state index is 13.3. The number of carbonyl (C=O) groups is 1. The van der Waals surface area contributed by atoms with Crippen molar-refractivity contribution < 1.29 is 57.8 Å². The van der Waals surface area contributed by atoms with Crippen molar-refractivity contribution in [2.75, 3.05) is 6.61 Å². The van der Waals surface area contributed by atoms with Gasteiger partial charge in [-0.05, 0) is 6.92 Å². The summed E-state index contributed by atoms with van der Waals surface area (Å²) >= 11 is 0.716. The van der Waals surface area contributed by atoms with Gasteiger partial charge in [0.05, 0.1) is 6.61 Å². The van der Waals surface area contributed by atoms with Crippen LogP contribution in [-0.4, -0.2) is 46.4 Å². The highest BCUT2D eigenvalue weighted by Crippen LogP contribution is 2.54. The number of alkyl halides is 12. The van der Waals surface area contributed by atoms with Gasteiger partial charge in [-0.15, -0.1) is 0 Å². The molecule has 0 aromatic heterocycles. The third-order valence-electron chi connectivity index (χ3n) is 2.74. The summed E-state index contributed by atoms with van der Waals surface area (Å²) in [5.74, 6) is -26.6. The monoisotopic (exact) mass is 510 g/mol. The summed E-state index contributed by atoms with van der Waals surface area (Å²) in [6, 6.07) is 0. The third-order valence-corrected chi connectivity index (χ3v) is 3.62. The van der Waals surface area contributed by atoms with Crippen molar-refractivity contribution >= 4 is 28.6 Å². The predicted molar refractivity (Wildman–Crippen MR) is 69.5 cm³/mol. The van der Waals surface area contributed by atoms with E-state index in [1.807, 2.05) is 0 Å². The second-order valence-corrected chi connectivity index (χ2v) is 6.54. The molecule has 150 valence electrons. The van der Waals surface area contributed by atoms with Gasteiger partial charge >= 0.3 is 35.8 Å². The first kappa shape index (κ1) is 24.4. The Bertz CT molecular complexity index is 475. The molecule has 0 amide bonds. The van der Waals surface area contributed by atoms with E-state index >= 15 is 0 Å². The maximum absolute atomic E-state index is 13.3. The molecule has 0 saturated carbocycles. The molecule has 0 aromatic carbocycles. The van der Waals surface area contributed by atoms with E-state index in [0.29, 0.717) is 22.6 Å². The van der Waals surface area contributed by atoms with Crippen LogP contribution in [0.4, 0.5) is 48.3 Å². The number of halogens is 12. The number of rotatable bonds is 8. The first-order valence-corrected chi connectivity index (χ1v) is 7.47. The molecule has 2 nitrogen and oxygen atoms in total. The van der Waals surface area contributed by atoms with Crippen LogP contribution < -0.4 is 0 Å². The fourth-order valence-electron chi connectivity index (χ4n) is 1.48. The lowest BCUT2D eigenvalue weighted by Gasteiger charge is -2.34. The van der Waals surface area contributed by atoms with Crippen LogP contribution in [0.2, 0.25) is 0 Å². The highest BCUT2D eigenvalue weighted by Gasteiger charge is 2.81. The van der Waals surface area contributed by atoms with E-state index in [0.717, 1.165) is 6.92 Å². The largest absolute Gasteiger partial charge is 0.462 e.